The molecule has 0 atom stereocenters. The number of carbonyl (C=O) groups excluding carboxylic acids is 2. The monoisotopic (exact) mass is 358 g/mol. The molecule has 3 rings (SSSR count). The summed E-state index contributed by atoms with van der Waals surface area (Å²) in [6.07, 6.45) is 11.3. The second kappa shape index (κ2) is 9.60. The van der Waals surface area contributed by atoms with Crippen molar-refractivity contribution in [3.63, 3.8) is 0 Å². The molecule has 2 amide bonds. The smallest absolute Gasteiger partial charge is 0.243 e. The number of para-hydroxylation sites is 2. The molecular weight excluding hydrogens is 328 g/mol. The van der Waals surface area contributed by atoms with E-state index >= 15 is 0 Å². The average Bonchev–Trinajstić information content (AvgIpc) is 3.16. The van der Waals surface area contributed by atoms with Crippen molar-refractivity contribution in [1.82, 2.24) is 5.32 Å². The summed E-state index contributed by atoms with van der Waals surface area (Å²) in [6, 6.07) is 7.51. The fourth-order valence-corrected chi connectivity index (χ4v) is 3.96. The highest BCUT2D eigenvalue weighted by Crippen LogP contribution is 2.29. The van der Waals surface area contributed by atoms with Crippen molar-refractivity contribution < 1.29 is 14.3 Å². The summed E-state index contributed by atoms with van der Waals surface area (Å²) in [7, 11) is 0. The van der Waals surface area contributed by atoms with E-state index in [1.54, 1.807) is 0 Å². The minimum absolute atomic E-state index is 0.00329. The lowest BCUT2D eigenvalue weighted by Crippen LogP contribution is -2.34. The van der Waals surface area contributed by atoms with Gasteiger partial charge in [-0.3, -0.25) is 9.59 Å². The molecule has 1 aromatic rings. The molecule has 2 N–H and O–H groups in total. The molecule has 2 aliphatic rings. The molecule has 2 fully saturated rings. The SMILES string of the molecule is O=C(CC1CCCCC1)NCC(=O)Nc1ccccc1OC1CCCC1. The van der Waals surface area contributed by atoms with Crippen LogP contribution in [0.2, 0.25) is 0 Å². The number of amides is 2. The molecule has 0 spiro atoms. The van der Waals surface area contributed by atoms with Crippen LogP contribution in [-0.4, -0.2) is 24.5 Å². The van der Waals surface area contributed by atoms with Crippen molar-refractivity contribution in [1.29, 1.82) is 0 Å². The van der Waals surface area contributed by atoms with Crippen LogP contribution in [0.3, 0.4) is 0 Å². The maximum Gasteiger partial charge on any atom is 0.243 e. The van der Waals surface area contributed by atoms with Crippen molar-refractivity contribution in [3.8, 4) is 5.75 Å². The molecule has 0 bridgehead atoms. The summed E-state index contributed by atoms with van der Waals surface area (Å²) in [5.41, 5.74) is 0.672. The fraction of sp³-hybridized carbons (Fsp3) is 0.619. The van der Waals surface area contributed by atoms with Crippen LogP contribution in [0.1, 0.15) is 64.2 Å². The van der Waals surface area contributed by atoms with Crippen molar-refractivity contribution >= 4 is 17.5 Å². The van der Waals surface area contributed by atoms with Gasteiger partial charge in [-0.2, -0.15) is 0 Å². The molecule has 1 aromatic carbocycles. The third-order valence-electron chi connectivity index (χ3n) is 5.40. The van der Waals surface area contributed by atoms with E-state index in [1.165, 1.54) is 32.1 Å². The Morgan fingerprint density at radius 1 is 0.923 bits per heavy atom. The van der Waals surface area contributed by atoms with Gasteiger partial charge >= 0.3 is 0 Å². The Bertz CT molecular complexity index is 605. The Morgan fingerprint density at radius 2 is 1.62 bits per heavy atom. The van der Waals surface area contributed by atoms with Gasteiger partial charge in [-0.1, -0.05) is 31.4 Å². The summed E-state index contributed by atoms with van der Waals surface area (Å²) < 4.78 is 6.03. The third-order valence-corrected chi connectivity index (χ3v) is 5.40. The van der Waals surface area contributed by atoms with Crippen molar-refractivity contribution in [2.45, 2.75) is 70.3 Å². The zero-order valence-electron chi connectivity index (χ0n) is 15.5. The van der Waals surface area contributed by atoms with Gasteiger partial charge in [0.25, 0.3) is 0 Å². The molecule has 0 saturated heterocycles. The van der Waals surface area contributed by atoms with E-state index in [4.69, 9.17) is 4.74 Å². The van der Waals surface area contributed by atoms with Gasteiger partial charge in [-0.15, -0.1) is 0 Å². The quantitative estimate of drug-likeness (QED) is 0.773. The molecule has 0 heterocycles. The molecule has 0 radical (unpaired) electrons. The first-order valence-corrected chi connectivity index (χ1v) is 10.0. The van der Waals surface area contributed by atoms with Crippen LogP contribution >= 0.6 is 0 Å². The molecule has 0 aliphatic heterocycles. The molecule has 5 nitrogen and oxygen atoms in total. The van der Waals surface area contributed by atoms with Crippen LogP contribution in [0.15, 0.2) is 24.3 Å². The number of carbonyl (C=O) groups is 2. The Kier molecular flexibility index (Phi) is 6.92. The summed E-state index contributed by atoms with van der Waals surface area (Å²) in [4.78, 5) is 24.3. The second-order valence-electron chi connectivity index (χ2n) is 7.55. The lowest BCUT2D eigenvalue weighted by Gasteiger charge is -2.20. The first-order valence-electron chi connectivity index (χ1n) is 10.0. The predicted molar refractivity (Wildman–Crippen MR) is 102 cm³/mol. The average molecular weight is 358 g/mol. The molecule has 0 unspecified atom stereocenters. The third kappa shape index (κ3) is 5.75. The maximum absolute atomic E-state index is 12.2. The van der Waals surface area contributed by atoms with Gasteiger partial charge in [0.05, 0.1) is 18.3 Å². The van der Waals surface area contributed by atoms with Crippen molar-refractivity contribution in [2.24, 2.45) is 5.92 Å². The maximum atomic E-state index is 12.2. The topological polar surface area (TPSA) is 67.4 Å². The molecule has 2 saturated carbocycles. The van der Waals surface area contributed by atoms with Gasteiger partial charge in [0.1, 0.15) is 5.75 Å². The number of nitrogens with one attached hydrogen (secondary N) is 2. The van der Waals surface area contributed by atoms with Gasteiger partial charge in [0, 0.05) is 6.42 Å². The summed E-state index contributed by atoms with van der Waals surface area (Å²) in [5, 5.41) is 5.62. The fourth-order valence-electron chi connectivity index (χ4n) is 3.96. The normalized spacial score (nSPS) is 18.5. The van der Waals surface area contributed by atoms with Crippen LogP contribution in [0.4, 0.5) is 5.69 Å². The Hall–Kier alpha value is -2.04. The lowest BCUT2D eigenvalue weighted by atomic mass is 9.87. The summed E-state index contributed by atoms with van der Waals surface area (Å²) in [6.45, 7) is 0.00329. The molecule has 2 aliphatic carbocycles. The number of ether oxygens (including phenoxy) is 1. The van der Waals surface area contributed by atoms with E-state index in [0.29, 0.717) is 23.8 Å². The molecule has 142 valence electrons. The summed E-state index contributed by atoms with van der Waals surface area (Å²) in [5.74, 6) is 0.945. The van der Waals surface area contributed by atoms with Crippen LogP contribution in [0.25, 0.3) is 0 Å². The Balaban J connectivity index is 1.44. The van der Waals surface area contributed by atoms with E-state index in [9.17, 15) is 9.59 Å². The van der Waals surface area contributed by atoms with Gasteiger partial charge < -0.3 is 15.4 Å². The van der Waals surface area contributed by atoms with Crippen LogP contribution in [-0.2, 0) is 9.59 Å². The number of hydrogen-bond acceptors (Lipinski definition) is 3. The van der Waals surface area contributed by atoms with Crippen LogP contribution in [0, 0.1) is 5.92 Å². The van der Waals surface area contributed by atoms with Gasteiger partial charge in [-0.25, -0.2) is 0 Å². The Labute approximate surface area is 155 Å². The number of benzene rings is 1. The van der Waals surface area contributed by atoms with Gasteiger partial charge in [0.2, 0.25) is 11.8 Å². The second-order valence-corrected chi connectivity index (χ2v) is 7.55. The first-order chi connectivity index (χ1) is 12.7. The number of rotatable bonds is 7. The highest BCUT2D eigenvalue weighted by atomic mass is 16.5. The molecular formula is C21H30N2O3. The first kappa shape index (κ1) is 18.7. The van der Waals surface area contributed by atoms with Crippen LogP contribution < -0.4 is 15.4 Å². The van der Waals surface area contributed by atoms with Crippen molar-refractivity contribution in [3.05, 3.63) is 24.3 Å². The van der Waals surface area contributed by atoms with E-state index in [1.807, 2.05) is 24.3 Å². The van der Waals surface area contributed by atoms with Crippen LogP contribution in [0.5, 0.6) is 5.75 Å². The minimum Gasteiger partial charge on any atom is -0.488 e. The van der Waals surface area contributed by atoms with E-state index in [-0.39, 0.29) is 24.5 Å². The number of anilines is 1. The lowest BCUT2D eigenvalue weighted by molar-refractivity contribution is -0.125. The van der Waals surface area contributed by atoms with E-state index in [2.05, 4.69) is 10.6 Å². The predicted octanol–water partition coefficient (Wildman–Crippen LogP) is 4.03. The molecule has 5 heteroatoms. The molecule has 0 aromatic heterocycles. The zero-order chi connectivity index (χ0) is 18.2. The standard InChI is InChI=1S/C21H30N2O3/c24-20(14-16-8-2-1-3-9-16)22-15-21(25)23-18-12-6-7-13-19(18)26-17-10-4-5-11-17/h6-7,12-13,16-17H,1-5,8-11,14-15H2,(H,22,24)(H,23,25). The van der Waals surface area contributed by atoms with Crippen molar-refractivity contribution in [2.75, 3.05) is 11.9 Å². The largest absolute Gasteiger partial charge is 0.488 e. The zero-order valence-corrected chi connectivity index (χ0v) is 15.5. The Morgan fingerprint density at radius 3 is 2.38 bits per heavy atom. The summed E-state index contributed by atoms with van der Waals surface area (Å²) >= 11 is 0. The number of hydrogen-bond donors (Lipinski definition) is 2. The molecule has 26 heavy (non-hydrogen) atoms. The van der Waals surface area contributed by atoms with E-state index < -0.39 is 0 Å². The van der Waals surface area contributed by atoms with E-state index in [0.717, 1.165) is 25.7 Å². The van der Waals surface area contributed by atoms with Gasteiger partial charge in [0.15, 0.2) is 0 Å². The highest BCUT2D eigenvalue weighted by Gasteiger charge is 2.19. The highest BCUT2D eigenvalue weighted by molar-refractivity contribution is 5.95. The van der Waals surface area contributed by atoms with Gasteiger partial charge in [-0.05, 0) is 56.6 Å². The minimum atomic E-state index is -0.218.